The fraction of sp³-hybridized carbons (Fsp3) is 0.120. The van der Waals surface area contributed by atoms with E-state index in [0.717, 1.165) is 18.2 Å². The number of fused-ring (bicyclic) bond motifs is 1. The summed E-state index contributed by atoms with van der Waals surface area (Å²) < 4.78 is 31.3. The minimum Gasteiger partial charge on any atom is -0.379 e. The standard InChI is InChI=1S/C25H17F2N5O3/c1-31-10-3-5-19(24(31)34)25(35,20-12-16(26)6-7-21(20)27)9-2-4-17-18(23(29)33)8-11-32-22(17)15(13-28)14-30-32/h3,5-8,10-12,14,35H,9H2,1H3,(H2,29,33). The molecule has 0 radical (unpaired) electrons. The summed E-state index contributed by atoms with van der Waals surface area (Å²) in [5.41, 5.74) is 2.20. The third kappa shape index (κ3) is 4.03. The minimum atomic E-state index is -2.34. The first-order chi connectivity index (χ1) is 16.7. The van der Waals surface area contributed by atoms with Gasteiger partial charge in [0.05, 0.1) is 28.5 Å². The number of rotatable bonds is 4. The smallest absolute Gasteiger partial charge is 0.256 e. The quantitative estimate of drug-likeness (QED) is 0.438. The van der Waals surface area contributed by atoms with E-state index in [1.54, 1.807) is 0 Å². The summed E-state index contributed by atoms with van der Waals surface area (Å²) in [4.78, 5) is 24.8. The van der Waals surface area contributed by atoms with Crippen molar-refractivity contribution in [3.05, 3.63) is 105 Å². The number of nitriles is 1. The fourth-order valence-corrected chi connectivity index (χ4v) is 3.82. The van der Waals surface area contributed by atoms with Gasteiger partial charge in [0.1, 0.15) is 28.8 Å². The molecule has 0 bridgehead atoms. The maximum Gasteiger partial charge on any atom is 0.256 e. The number of pyridine rings is 2. The molecular weight excluding hydrogens is 456 g/mol. The zero-order valence-electron chi connectivity index (χ0n) is 18.3. The van der Waals surface area contributed by atoms with Crippen molar-refractivity contribution in [2.75, 3.05) is 0 Å². The van der Waals surface area contributed by atoms with E-state index in [4.69, 9.17) is 5.73 Å². The van der Waals surface area contributed by atoms with Gasteiger partial charge in [0.2, 0.25) is 5.91 Å². The molecular formula is C25H17F2N5O3. The zero-order valence-corrected chi connectivity index (χ0v) is 18.3. The summed E-state index contributed by atoms with van der Waals surface area (Å²) in [6, 6.07) is 8.63. The zero-order chi connectivity index (χ0) is 25.3. The lowest BCUT2D eigenvalue weighted by molar-refractivity contribution is 0.0800. The molecule has 1 unspecified atom stereocenters. The Morgan fingerprint density at radius 2 is 2.00 bits per heavy atom. The molecule has 0 aliphatic rings. The molecule has 0 saturated carbocycles. The van der Waals surface area contributed by atoms with Gasteiger partial charge in [0.15, 0.2) is 0 Å². The molecule has 10 heteroatoms. The van der Waals surface area contributed by atoms with Gasteiger partial charge in [0.25, 0.3) is 5.56 Å². The van der Waals surface area contributed by atoms with Gasteiger partial charge in [-0.1, -0.05) is 11.8 Å². The van der Waals surface area contributed by atoms with E-state index in [2.05, 4.69) is 16.9 Å². The van der Waals surface area contributed by atoms with Gasteiger partial charge in [0, 0.05) is 31.4 Å². The first-order valence-electron chi connectivity index (χ1n) is 10.2. The van der Waals surface area contributed by atoms with Crippen LogP contribution in [0.3, 0.4) is 0 Å². The molecule has 1 atom stereocenters. The van der Waals surface area contributed by atoms with Crippen LogP contribution in [-0.2, 0) is 12.6 Å². The number of aliphatic hydroxyl groups is 1. The summed E-state index contributed by atoms with van der Waals surface area (Å²) >= 11 is 0. The highest BCUT2D eigenvalue weighted by Crippen LogP contribution is 2.33. The maximum absolute atomic E-state index is 14.8. The number of amides is 1. The Morgan fingerprint density at radius 3 is 2.71 bits per heavy atom. The van der Waals surface area contributed by atoms with E-state index in [-0.39, 0.29) is 27.8 Å². The van der Waals surface area contributed by atoms with Crippen molar-refractivity contribution in [1.82, 2.24) is 14.2 Å². The molecule has 3 heterocycles. The van der Waals surface area contributed by atoms with Gasteiger partial charge in [-0.25, -0.2) is 13.3 Å². The van der Waals surface area contributed by atoms with E-state index in [1.165, 1.54) is 52.9 Å². The number of hydrogen-bond donors (Lipinski definition) is 2. The van der Waals surface area contributed by atoms with Crippen LogP contribution in [0.1, 0.15) is 39.0 Å². The van der Waals surface area contributed by atoms with Gasteiger partial charge in [-0.05, 0) is 36.4 Å². The van der Waals surface area contributed by atoms with Crippen LogP contribution in [0.2, 0.25) is 0 Å². The highest BCUT2D eigenvalue weighted by atomic mass is 19.1. The minimum absolute atomic E-state index is 0.00176. The van der Waals surface area contributed by atoms with Crippen molar-refractivity contribution in [3.63, 3.8) is 0 Å². The van der Waals surface area contributed by atoms with Crippen molar-refractivity contribution in [1.29, 1.82) is 5.26 Å². The van der Waals surface area contributed by atoms with Crippen LogP contribution >= 0.6 is 0 Å². The summed E-state index contributed by atoms with van der Waals surface area (Å²) in [7, 11) is 1.45. The Kier molecular flexibility index (Phi) is 5.91. The maximum atomic E-state index is 14.8. The first-order valence-corrected chi connectivity index (χ1v) is 10.2. The van der Waals surface area contributed by atoms with E-state index in [9.17, 15) is 28.7 Å². The van der Waals surface area contributed by atoms with Gasteiger partial charge < -0.3 is 15.4 Å². The van der Waals surface area contributed by atoms with E-state index in [0.29, 0.717) is 0 Å². The van der Waals surface area contributed by atoms with Crippen LogP contribution in [0.4, 0.5) is 8.78 Å². The number of carbonyl (C=O) groups excluding carboxylic acids is 1. The van der Waals surface area contributed by atoms with E-state index >= 15 is 0 Å². The lowest BCUT2D eigenvalue weighted by atomic mass is 9.83. The highest BCUT2D eigenvalue weighted by molar-refractivity contribution is 5.98. The number of nitrogens with zero attached hydrogens (tertiary/aromatic N) is 4. The Labute approximate surface area is 197 Å². The van der Waals surface area contributed by atoms with E-state index < -0.39 is 40.7 Å². The second kappa shape index (κ2) is 8.86. The number of aryl methyl sites for hydroxylation is 1. The van der Waals surface area contributed by atoms with Gasteiger partial charge in [-0.2, -0.15) is 10.4 Å². The number of carbonyl (C=O) groups is 1. The molecule has 0 saturated heterocycles. The lowest BCUT2D eigenvalue weighted by Crippen LogP contribution is -2.36. The third-order valence-electron chi connectivity index (χ3n) is 5.57. The number of aromatic nitrogens is 3. The topological polar surface area (TPSA) is 126 Å². The monoisotopic (exact) mass is 473 g/mol. The van der Waals surface area contributed by atoms with Gasteiger partial charge in [-0.15, -0.1) is 0 Å². The molecule has 0 fully saturated rings. The second-order valence-corrected chi connectivity index (χ2v) is 7.73. The molecule has 3 N–H and O–H groups in total. The molecule has 0 aliphatic carbocycles. The van der Waals surface area contributed by atoms with Crippen molar-refractivity contribution < 1.29 is 18.7 Å². The van der Waals surface area contributed by atoms with Crippen molar-refractivity contribution in [2.45, 2.75) is 12.0 Å². The highest BCUT2D eigenvalue weighted by Gasteiger charge is 2.36. The van der Waals surface area contributed by atoms with Crippen LogP contribution in [0.15, 0.2) is 59.8 Å². The van der Waals surface area contributed by atoms with Crippen LogP contribution in [0.5, 0.6) is 0 Å². The molecule has 174 valence electrons. The summed E-state index contributed by atoms with van der Waals surface area (Å²) in [5, 5.41) is 25.1. The van der Waals surface area contributed by atoms with Crippen LogP contribution < -0.4 is 11.3 Å². The predicted molar refractivity (Wildman–Crippen MR) is 121 cm³/mol. The number of hydrogen-bond acceptors (Lipinski definition) is 5. The molecule has 0 aliphatic heterocycles. The van der Waals surface area contributed by atoms with E-state index in [1.807, 2.05) is 6.07 Å². The lowest BCUT2D eigenvalue weighted by Gasteiger charge is -2.27. The van der Waals surface area contributed by atoms with Gasteiger partial charge >= 0.3 is 0 Å². The summed E-state index contributed by atoms with van der Waals surface area (Å²) in [6.45, 7) is 0. The SMILES string of the molecule is Cn1cccc(C(O)(CC#Cc2c(C(N)=O)ccn3ncc(C#N)c23)c2cc(F)ccc2F)c1=O. The van der Waals surface area contributed by atoms with Crippen molar-refractivity contribution >= 4 is 11.4 Å². The third-order valence-corrected chi connectivity index (χ3v) is 5.57. The van der Waals surface area contributed by atoms with Crippen LogP contribution in [-0.4, -0.2) is 25.2 Å². The fourth-order valence-electron chi connectivity index (χ4n) is 3.82. The Morgan fingerprint density at radius 1 is 1.23 bits per heavy atom. The largest absolute Gasteiger partial charge is 0.379 e. The van der Waals surface area contributed by atoms with Crippen molar-refractivity contribution in [3.8, 4) is 17.9 Å². The molecule has 3 aromatic heterocycles. The second-order valence-electron chi connectivity index (χ2n) is 7.73. The average Bonchev–Trinajstić information content (AvgIpc) is 3.25. The number of primary amides is 1. The molecule has 35 heavy (non-hydrogen) atoms. The number of benzene rings is 1. The molecule has 8 nitrogen and oxygen atoms in total. The summed E-state index contributed by atoms with van der Waals surface area (Å²) in [5.74, 6) is 2.80. The normalized spacial score (nSPS) is 12.4. The number of halogens is 2. The van der Waals surface area contributed by atoms with Crippen molar-refractivity contribution in [2.24, 2.45) is 12.8 Å². The first kappa shape index (κ1) is 23.4. The Balaban J connectivity index is 1.94. The molecule has 0 spiro atoms. The molecule has 4 aromatic rings. The molecule has 1 aromatic carbocycles. The summed E-state index contributed by atoms with van der Waals surface area (Å²) in [6.07, 6.45) is 3.62. The predicted octanol–water partition coefficient (Wildman–Crippen LogP) is 1.96. The molecule has 1 amide bonds. The van der Waals surface area contributed by atoms with Crippen LogP contribution in [0.25, 0.3) is 5.52 Å². The molecule has 4 rings (SSSR count). The Bertz CT molecular complexity index is 1660. The average molecular weight is 473 g/mol. The number of nitrogens with two attached hydrogens (primary N) is 1. The Hall–Kier alpha value is -4.80. The van der Waals surface area contributed by atoms with Gasteiger partial charge in [-0.3, -0.25) is 9.59 Å². The van der Waals surface area contributed by atoms with Crippen LogP contribution in [0, 0.1) is 34.8 Å².